The molecule has 0 saturated carbocycles. The third-order valence-electron chi connectivity index (χ3n) is 5.32. The van der Waals surface area contributed by atoms with Gasteiger partial charge in [0, 0.05) is 0 Å². The van der Waals surface area contributed by atoms with E-state index in [0.29, 0.717) is 23.3 Å². The van der Waals surface area contributed by atoms with Crippen molar-refractivity contribution in [3.05, 3.63) is 83.9 Å². The summed E-state index contributed by atoms with van der Waals surface area (Å²) < 4.78 is 0.513. The minimum absolute atomic E-state index is 0.0838. The molecule has 7 nitrogen and oxygen atoms in total. The van der Waals surface area contributed by atoms with Crippen LogP contribution in [0, 0.1) is 0 Å². The second-order valence-corrected chi connectivity index (χ2v) is 7.86. The largest absolute Gasteiger partial charge is 0.0622 e. The Labute approximate surface area is 193 Å². The van der Waals surface area contributed by atoms with Gasteiger partial charge in [-0.25, -0.2) is 0 Å². The molecule has 0 aliphatic carbocycles. The van der Waals surface area contributed by atoms with E-state index >= 15 is 0 Å². The normalized spacial score (nSPS) is 12.0. The van der Waals surface area contributed by atoms with E-state index < -0.39 is 0 Å². The van der Waals surface area contributed by atoms with Crippen LogP contribution >= 0.6 is 0 Å². The Bertz CT molecular complexity index is 1240. The van der Waals surface area contributed by atoms with Gasteiger partial charge in [-0.15, -0.1) is 0 Å². The first-order chi connectivity index (χ1) is 15.6. The summed E-state index contributed by atoms with van der Waals surface area (Å²) in [6, 6.07) is 23.1. The van der Waals surface area contributed by atoms with Gasteiger partial charge in [0.25, 0.3) is 0 Å². The Morgan fingerprint density at radius 2 is 1.81 bits per heavy atom. The first-order valence-electron chi connectivity index (χ1n) is 10.2. The number of benzene rings is 3. The summed E-state index contributed by atoms with van der Waals surface area (Å²) in [7, 11) is 0. The number of nitrogens with zero attached hydrogens (tertiary/aromatic N) is 1. The number of hydrazine groups is 1. The topological polar surface area (TPSA) is 122 Å². The molecule has 166 valence electrons. The zero-order valence-electron chi connectivity index (χ0n) is 17.2. The van der Waals surface area contributed by atoms with Crippen LogP contribution in [0.15, 0.2) is 72.8 Å². The van der Waals surface area contributed by atoms with Gasteiger partial charge in [0.05, 0.1) is 0 Å². The predicted molar refractivity (Wildman–Crippen MR) is 124 cm³/mol. The summed E-state index contributed by atoms with van der Waals surface area (Å²) in [4.78, 5) is 13.0. The molecule has 4 rings (SSSR count). The fraction of sp³-hybridized carbons (Fsp3) is 0.125. The molecule has 1 atom stereocenters. The number of H-pyrrole nitrogens is 1. The maximum Gasteiger partial charge on any atom is -0.0355 e. The summed E-state index contributed by atoms with van der Waals surface area (Å²) in [6.07, 6.45) is 0.571. The van der Waals surface area contributed by atoms with Gasteiger partial charge in [-0.2, -0.15) is 0 Å². The number of amides is 1. The number of aromatic amines is 1. The second kappa shape index (κ2) is 9.98. The molecule has 8 heteroatoms. The Morgan fingerprint density at radius 3 is 2.50 bits per heavy atom. The van der Waals surface area contributed by atoms with E-state index in [1.807, 2.05) is 72.8 Å². The van der Waals surface area contributed by atoms with Crippen molar-refractivity contribution in [2.45, 2.75) is 12.3 Å². The van der Waals surface area contributed by atoms with Crippen molar-refractivity contribution in [1.29, 1.82) is 0 Å². The SMILES string of the molecule is NCCC(C(=O)Nc1ccc2[nH]nc(-c3ccc([C](=[Ni])NN)cc3)c2c1)c1ccccc1. The molecule has 0 aliphatic heterocycles. The van der Waals surface area contributed by atoms with E-state index in [9.17, 15) is 4.79 Å². The molecule has 3 aromatic carbocycles. The summed E-state index contributed by atoms with van der Waals surface area (Å²) in [6.45, 7) is 0.428. The molecule has 0 aliphatic rings. The van der Waals surface area contributed by atoms with Gasteiger partial charge in [0.1, 0.15) is 0 Å². The minimum Gasteiger partial charge on any atom is -0.0622 e. The standard InChI is InChI=1S/C24H24N6O.Ni/c25-13-12-20(17-4-2-1-3-5-17)24(31)28-19-10-11-22-21(14-19)23(30-29-22)18-8-6-16(7-9-18)15-27-26;/h1-11,14,20,27H,12-13,25-26H2,(H,28,31)(H,29,30);. The Balaban J connectivity index is 1.61. The van der Waals surface area contributed by atoms with E-state index in [-0.39, 0.29) is 11.8 Å². The molecule has 0 saturated heterocycles. The third-order valence-corrected chi connectivity index (χ3v) is 5.74. The quantitative estimate of drug-likeness (QED) is 0.154. The van der Waals surface area contributed by atoms with Gasteiger partial charge >= 0.3 is 139 Å². The zero-order valence-corrected chi connectivity index (χ0v) is 18.2. The molecule has 7 N–H and O–H groups in total. The molecule has 0 spiro atoms. The maximum atomic E-state index is 13.0. The number of fused-ring (bicyclic) bond motifs is 1. The van der Waals surface area contributed by atoms with E-state index in [0.717, 1.165) is 33.3 Å². The minimum atomic E-state index is -0.311. The molecular weight excluding hydrogens is 447 g/mol. The second-order valence-electron chi connectivity index (χ2n) is 7.37. The van der Waals surface area contributed by atoms with Crippen molar-refractivity contribution in [1.82, 2.24) is 15.6 Å². The molecule has 0 bridgehead atoms. The predicted octanol–water partition coefficient (Wildman–Crippen LogP) is 2.79. The average Bonchev–Trinajstić information content (AvgIpc) is 3.26. The molecule has 1 amide bonds. The molecule has 32 heavy (non-hydrogen) atoms. The van der Waals surface area contributed by atoms with Crippen molar-refractivity contribution in [3.8, 4) is 11.3 Å². The number of hydrogen-bond donors (Lipinski definition) is 5. The summed E-state index contributed by atoms with van der Waals surface area (Å²) in [5.74, 6) is 5.01. The average molecular weight is 471 g/mol. The molecule has 1 aromatic heterocycles. The Hall–Kier alpha value is -3.16. The van der Waals surface area contributed by atoms with Crippen molar-refractivity contribution < 1.29 is 19.8 Å². The maximum absolute atomic E-state index is 13.0. The summed E-state index contributed by atoms with van der Waals surface area (Å²) >= 11 is 4.84. The number of nitrogens with two attached hydrogens (primary N) is 2. The van der Waals surface area contributed by atoms with Crippen LogP contribution in [-0.2, 0) is 19.8 Å². The monoisotopic (exact) mass is 470 g/mol. The van der Waals surface area contributed by atoms with Gasteiger partial charge in [-0.05, 0) is 18.5 Å². The summed E-state index contributed by atoms with van der Waals surface area (Å²) in [5, 5.41) is 11.5. The van der Waals surface area contributed by atoms with Crippen LogP contribution in [0.1, 0.15) is 23.5 Å². The first-order valence-corrected chi connectivity index (χ1v) is 10.7. The zero-order chi connectivity index (χ0) is 22.5. The van der Waals surface area contributed by atoms with Gasteiger partial charge in [0.15, 0.2) is 0 Å². The van der Waals surface area contributed by atoms with Crippen LogP contribution in [0.2, 0.25) is 0 Å². The van der Waals surface area contributed by atoms with Gasteiger partial charge in [0.2, 0.25) is 0 Å². The number of anilines is 1. The Morgan fingerprint density at radius 1 is 1.06 bits per heavy atom. The van der Waals surface area contributed by atoms with Crippen molar-refractivity contribution >= 4 is 27.1 Å². The summed E-state index contributed by atoms with van der Waals surface area (Å²) in [5.41, 5.74) is 13.4. The molecule has 0 radical (unpaired) electrons. The van der Waals surface area contributed by atoms with Crippen LogP contribution in [0.3, 0.4) is 0 Å². The number of carbonyl (C=O) groups is 1. The molecule has 1 heterocycles. The number of hydrogen-bond acceptors (Lipinski definition) is 5. The smallest absolute Gasteiger partial charge is 0.0355 e. The Kier molecular flexibility index (Phi) is 6.88. The fourth-order valence-electron chi connectivity index (χ4n) is 3.69. The van der Waals surface area contributed by atoms with Crippen molar-refractivity contribution in [2.24, 2.45) is 11.6 Å². The number of carbonyl (C=O) groups excluding carboxylic acids is 1. The number of nitrogens with one attached hydrogen (secondary N) is 3. The molecular formula is C24H24N6NiO. The molecule has 0 fully saturated rings. The van der Waals surface area contributed by atoms with E-state index in [4.69, 9.17) is 26.6 Å². The van der Waals surface area contributed by atoms with Crippen LogP contribution in [0.25, 0.3) is 22.2 Å². The molecule has 4 aromatic rings. The third kappa shape index (κ3) is 4.69. The van der Waals surface area contributed by atoms with Crippen LogP contribution in [0.4, 0.5) is 5.69 Å². The number of aromatic nitrogens is 2. The van der Waals surface area contributed by atoms with E-state index in [1.165, 1.54) is 0 Å². The van der Waals surface area contributed by atoms with Crippen molar-refractivity contribution in [3.63, 3.8) is 0 Å². The fourth-order valence-corrected chi connectivity index (χ4v) is 3.85. The van der Waals surface area contributed by atoms with Gasteiger partial charge in [-0.1, -0.05) is 30.3 Å². The van der Waals surface area contributed by atoms with Crippen LogP contribution in [0.5, 0.6) is 0 Å². The number of rotatable bonds is 8. The van der Waals surface area contributed by atoms with Crippen LogP contribution in [-0.4, -0.2) is 27.3 Å². The first kappa shape index (κ1) is 22.1. The molecule has 1 unspecified atom stereocenters. The van der Waals surface area contributed by atoms with Gasteiger partial charge < -0.3 is 5.73 Å². The van der Waals surface area contributed by atoms with Crippen molar-refractivity contribution in [2.75, 3.05) is 11.9 Å². The van der Waals surface area contributed by atoms with E-state index in [1.54, 1.807) is 0 Å². The van der Waals surface area contributed by atoms with Crippen LogP contribution < -0.4 is 22.3 Å². The van der Waals surface area contributed by atoms with Gasteiger partial charge in [-0.3, -0.25) is 0 Å². The van der Waals surface area contributed by atoms with E-state index in [2.05, 4.69) is 20.9 Å².